The first kappa shape index (κ1) is 25.0. The van der Waals surface area contributed by atoms with Gasteiger partial charge in [-0.05, 0) is 62.5 Å². The quantitative estimate of drug-likeness (QED) is 0.604. The Bertz CT molecular complexity index is 822. The van der Waals surface area contributed by atoms with Crippen LogP contribution in [0.4, 0.5) is 0 Å². The van der Waals surface area contributed by atoms with Crippen LogP contribution in [0.5, 0.6) is 5.75 Å². The number of hydrogen-bond donors (Lipinski definition) is 1. The summed E-state index contributed by atoms with van der Waals surface area (Å²) in [4.78, 5) is 14.8. The van der Waals surface area contributed by atoms with Gasteiger partial charge in [0.25, 0.3) is 5.91 Å². The molecule has 32 heavy (non-hydrogen) atoms. The van der Waals surface area contributed by atoms with Gasteiger partial charge >= 0.3 is 0 Å². The molecule has 1 amide bonds. The molecular formula is C24H38N2O5S. The van der Waals surface area contributed by atoms with Gasteiger partial charge in [-0.1, -0.05) is 32.0 Å². The zero-order chi connectivity index (χ0) is 23.1. The van der Waals surface area contributed by atoms with Crippen LogP contribution in [0.2, 0.25) is 0 Å². The Morgan fingerprint density at radius 3 is 2.44 bits per heavy atom. The van der Waals surface area contributed by atoms with Crippen LogP contribution in [0.1, 0.15) is 52.4 Å². The maximum absolute atomic E-state index is 13.0. The zero-order valence-corrected chi connectivity index (χ0v) is 20.4. The molecule has 2 fully saturated rings. The van der Waals surface area contributed by atoms with Crippen LogP contribution in [0, 0.1) is 11.8 Å². The van der Waals surface area contributed by atoms with Crippen LogP contribution >= 0.6 is 0 Å². The van der Waals surface area contributed by atoms with E-state index in [-0.39, 0.29) is 30.7 Å². The minimum Gasteiger partial charge on any atom is -0.484 e. The van der Waals surface area contributed by atoms with E-state index in [2.05, 4.69) is 18.6 Å². The van der Waals surface area contributed by atoms with Crippen molar-refractivity contribution in [1.29, 1.82) is 0 Å². The topological polar surface area (TPSA) is 84.9 Å². The second kappa shape index (κ2) is 11.5. The molecule has 1 aromatic carbocycles. The molecule has 1 saturated carbocycles. The van der Waals surface area contributed by atoms with E-state index in [4.69, 9.17) is 9.47 Å². The van der Waals surface area contributed by atoms with Crippen molar-refractivity contribution in [2.24, 2.45) is 11.8 Å². The van der Waals surface area contributed by atoms with Gasteiger partial charge in [0.15, 0.2) is 6.61 Å². The van der Waals surface area contributed by atoms with Crippen LogP contribution in [-0.4, -0.2) is 63.4 Å². The van der Waals surface area contributed by atoms with Crippen molar-refractivity contribution in [1.82, 2.24) is 9.62 Å². The average Bonchev–Trinajstić information content (AvgIpc) is 2.76. The summed E-state index contributed by atoms with van der Waals surface area (Å²) in [7, 11) is -3.40. The summed E-state index contributed by atoms with van der Waals surface area (Å²) >= 11 is 0. The first-order chi connectivity index (χ1) is 15.2. The Kier molecular flexibility index (Phi) is 8.96. The van der Waals surface area contributed by atoms with Gasteiger partial charge in [-0.25, -0.2) is 13.1 Å². The lowest BCUT2D eigenvalue weighted by Gasteiger charge is -2.42. The third-order valence-electron chi connectivity index (χ3n) is 6.73. The Balaban J connectivity index is 1.63. The maximum Gasteiger partial charge on any atom is 0.260 e. The summed E-state index contributed by atoms with van der Waals surface area (Å²) in [6.07, 6.45) is 7.11. The molecule has 1 saturated heterocycles. The molecule has 1 N–H and O–H groups in total. The lowest BCUT2D eigenvalue weighted by Crippen LogP contribution is -2.59. The smallest absolute Gasteiger partial charge is 0.260 e. The Morgan fingerprint density at radius 1 is 1.12 bits per heavy atom. The van der Waals surface area contributed by atoms with Gasteiger partial charge in [0.1, 0.15) is 5.75 Å². The van der Waals surface area contributed by atoms with E-state index in [0.717, 1.165) is 44.3 Å². The van der Waals surface area contributed by atoms with Gasteiger partial charge in [0.05, 0.1) is 25.0 Å². The predicted octanol–water partition coefficient (Wildman–Crippen LogP) is 3.21. The van der Waals surface area contributed by atoms with Crippen molar-refractivity contribution in [3.05, 3.63) is 30.3 Å². The molecule has 3 rings (SSSR count). The minimum atomic E-state index is -3.40. The highest BCUT2D eigenvalue weighted by Gasteiger charge is 2.37. The van der Waals surface area contributed by atoms with Crippen molar-refractivity contribution >= 4 is 15.9 Å². The van der Waals surface area contributed by atoms with Crippen molar-refractivity contribution in [2.45, 2.75) is 70.6 Å². The lowest BCUT2D eigenvalue weighted by molar-refractivity contribution is -0.140. The van der Waals surface area contributed by atoms with Crippen molar-refractivity contribution in [3.8, 4) is 5.75 Å². The lowest BCUT2D eigenvalue weighted by atomic mass is 9.80. The van der Waals surface area contributed by atoms with Gasteiger partial charge < -0.3 is 14.4 Å². The molecule has 2 aliphatic rings. The molecule has 7 nitrogen and oxygen atoms in total. The monoisotopic (exact) mass is 466 g/mol. The van der Waals surface area contributed by atoms with E-state index >= 15 is 0 Å². The molecule has 0 bridgehead atoms. The molecule has 180 valence electrons. The molecule has 8 heteroatoms. The van der Waals surface area contributed by atoms with Crippen LogP contribution in [-0.2, 0) is 19.6 Å². The number of para-hydroxylation sites is 1. The van der Waals surface area contributed by atoms with Crippen molar-refractivity contribution in [3.63, 3.8) is 0 Å². The van der Waals surface area contributed by atoms with E-state index in [0.29, 0.717) is 31.2 Å². The van der Waals surface area contributed by atoms with Crippen molar-refractivity contribution in [2.75, 3.05) is 26.0 Å². The minimum absolute atomic E-state index is 0.0778. The van der Waals surface area contributed by atoms with Gasteiger partial charge in [0.2, 0.25) is 10.0 Å². The van der Waals surface area contributed by atoms with E-state index in [1.807, 2.05) is 30.3 Å². The highest BCUT2D eigenvalue weighted by Crippen LogP contribution is 2.32. The van der Waals surface area contributed by atoms with Gasteiger partial charge in [0, 0.05) is 12.6 Å². The Labute approximate surface area is 192 Å². The average molecular weight is 467 g/mol. The number of amides is 1. The fraction of sp³-hybridized carbons (Fsp3) is 0.708. The molecule has 1 aromatic rings. The molecule has 2 atom stereocenters. The van der Waals surface area contributed by atoms with Gasteiger partial charge in [-0.2, -0.15) is 0 Å². The van der Waals surface area contributed by atoms with Gasteiger partial charge in [-0.3, -0.25) is 4.79 Å². The van der Waals surface area contributed by atoms with Crippen LogP contribution < -0.4 is 9.46 Å². The molecule has 1 heterocycles. The molecule has 1 aliphatic heterocycles. The maximum atomic E-state index is 13.0. The van der Waals surface area contributed by atoms with Crippen LogP contribution in [0.3, 0.4) is 0 Å². The number of nitrogens with one attached hydrogen (secondary N) is 1. The van der Waals surface area contributed by atoms with Gasteiger partial charge in [-0.15, -0.1) is 0 Å². The summed E-state index contributed by atoms with van der Waals surface area (Å²) in [5, 5.41) is 0. The highest BCUT2D eigenvalue weighted by atomic mass is 32.2. The van der Waals surface area contributed by atoms with Crippen LogP contribution in [0.15, 0.2) is 30.3 Å². The summed E-state index contributed by atoms with van der Waals surface area (Å²) in [5.41, 5.74) is 0. The van der Waals surface area contributed by atoms with E-state index in [9.17, 15) is 13.2 Å². The highest BCUT2D eigenvalue weighted by molar-refractivity contribution is 7.88. The second-order valence-electron chi connectivity index (χ2n) is 9.51. The number of nitrogens with zero attached hydrogens (tertiary/aromatic N) is 1. The molecule has 0 radical (unpaired) electrons. The number of benzene rings is 1. The third kappa shape index (κ3) is 7.46. The number of carbonyl (C=O) groups excluding carboxylic acids is 1. The molecule has 0 spiro atoms. The molecule has 0 aromatic heterocycles. The Hall–Kier alpha value is -1.64. The number of likely N-dealkylation sites (tertiary alicyclic amines) is 1. The second-order valence-corrected chi connectivity index (χ2v) is 11.3. The molecule has 1 aliphatic carbocycles. The van der Waals surface area contributed by atoms with Crippen molar-refractivity contribution < 1.29 is 22.7 Å². The van der Waals surface area contributed by atoms with E-state index < -0.39 is 10.0 Å². The zero-order valence-electron chi connectivity index (χ0n) is 19.5. The first-order valence-corrected chi connectivity index (χ1v) is 13.7. The normalized spacial score (nSPS) is 26.8. The molecule has 0 unspecified atom stereocenters. The fourth-order valence-electron chi connectivity index (χ4n) is 4.89. The molecular weight excluding hydrogens is 428 g/mol. The number of carbonyl (C=O) groups is 1. The summed E-state index contributed by atoms with van der Waals surface area (Å²) in [6, 6.07) is 8.54. The number of hydrogen-bond acceptors (Lipinski definition) is 5. The standard InChI is InChI=1S/C24H38N2O5S/c1-18(2)19-11-13-21(14-12-19)30-16-23-22(25-32(3,28)29)10-7-15-26(23)24(27)17-31-20-8-5-4-6-9-20/h4-6,8-9,18-19,21-23,25H,7,10-17H2,1-3H3/t19?,21?,22-,23-/m0/s1. The SMILES string of the molecule is CC(C)C1CCC(OC[C@H]2[C@@H](NS(C)(=O)=O)CCCN2C(=O)COc2ccccc2)CC1. The number of sulfonamides is 1. The predicted molar refractivity (Wildman–Crippen MR) is 125 cm³/mol. The Morgan fingerprint density at radius 2 is 1.81 bits per heavy atom. The third-order valence-corrected chi connectivity index (χ3v) is 7.47. The largest absolute Gasteiger partial charge is 0.484 e. The van der Waals surface area contributed by atoms with E-state index in [1.54, 1.807) is 4.90 Å². The fourth-order valence-corrected chi connectivity index (χ4v) is 5.71. The summed E-state index contributed by atoms with van der Waals surface area (Å²) in [5.74, 6) is 1.93. The first-order valence-electron chi connectivity index (χ1n) is 11.8. The van der Waals surface area contributed by atoms with E-state index in [1.165, 1.54) is 0 Å². The summed E-state index contributed by atoms with van der Waals surface area (Å²) in [6.45, 7) is 5.38. The number of piperidine rings is 1. The van der Waals surface area contributed by atoms with Crippen LogP contribution in [0.25, 0.3) is 0 Å². The number of rotatable bonds is 9. The number of ether oxygens (including phenoxy) is 2. The summed E-state index contributed by atoms with van der Waals surface area (Å²) < 4.78 is 38.6.